The Kier molecular flexibility index (Phi) is 2.49. The first-order valence-electron chi connectivity index (χ1n) is 4.56. The van der Waals surface area contributed by atoms with Gasteiger partial charge in [0.05, 0.1) is 0 Å². The normalized spacial score (nSPS) is 26.3. The summed E-state index contributed by atoms with van der Waals surface area (Å²) in [7, 11) is 0. The van der Waals surface area contributed by atoms with Crippen LogP contribution in [0.4, 0.5) is 0 Å². The van der Waals surface area contributed by atoms with Crippen molar-refractivity contribution in [3.8, 4) is 5.75 Å². The Morgan fingerprint density at radius 2 is 2.23 bits per heavy atom. The minimum absolute atomic E-state index is 0.0505. The zero-order valence-corrected chi connectivity index (χ0v) is 9.87. The van der Waals surface area contributed by atoms with Gasteiger partial charge < -0.3 is 4.74 Å². The summed E-state index contributed by atoms with van der Waals surface area (Å²) in [5.41, 5.74) is 1.40. The SMILES string of the molecule is CC1(CI)CCc2ccccc2O1. The third-order valence-electron chi connectivity index (χ3n) is 2.53. The Hall–Kier alpha value is -0.250. The summed E-state index contributed by atoms with van der Waals surface area (Å²) in [4.78, 5) is 0. The van der Waals surface area contributed by atoms with E-state index in [2.05, 4.69) is 47.7 Å². The largest absolute Gasteiger partial charge is 0.486 e. The maximum absolute atomic E-state index is 5.96. The average molecular weight is 288 g/mol. The fraction of sp³-hybridized carbons (Fsp3) is 0.455. The molecule has 1 aromatic carbocycles. The molecule has 0 fully saturated rings. The lowest BCUT2D eigenvalue weighted by atomic mass is 9.94. The van der Waals surface area contributed by atoms with Gasteiger partial charge in [-0.25, -0.2) is 0 Å². The van der Waals surface area contributed by atoms with Crippen molar-refractivity contribution >= 4 is 22.6 Å². The van der Waals surface area contributed by atoms with Crippen molar-refractivity contribution in [2.45, 2.75) is 25.4 Å². The summed E-state index contributed by atoms with van der Waals surface area (Å²) in [6, 6.07) is 8.34. The molecule has 1 aliphatic rings. The number of hydrogen-bond acceptors (Lipinski definition) is 1. The van der Waals surface area contributed by atoms with Crippen molar-refractivity contribution in [3.63, 3.8) is 0 Å². The van der Waals surface area contributed by atoms with E-state index in [-0.39, 0.29) is 5.60 Å². The highest BCUT2D eigenvalue weighted by molar-refractivity contribution is 14.1. The summed E-state index contributed by atoms with van der Waals surface area (Å²) in [5, 5.41) is 0. The van der Waals surface area contributed by atoms with E-state index in [1.165, 1.54) is 5.56 Å². The zero-order chi connectivity index (χ0) is 9.31. The zero-order valence-electron chi connectivity index (χ0n) is 7.72. The maximum Gasteiger partial charge on any atom is 0.123 e. The Labute approximate surface area is 92.6 Å². The van der Waals surface area contributed by atoms with E-state index in [0.29, 0.717) is 0 Å². The number of alkyl halides is 1. The van der Waals surface area contributed by atoms with Gasteiger partial charge in [0.25, 0.3) is 0 Å². The Morgan fingerprint density at radius 1 is 1.46 bits per heavy atom. The third-order valence-corrected chi connectivity index (χ3v) is 4.15. The molecular formula is C11H13IO. The molecule has 1 unspecified atom stereocenters. The second-order valence-electron chi connectivity index (χ2n) is 3.79. The van der Waals surface area contributed by atoms with Crippen LogP contribution in [0.2, 0.25) is 0 Å². The molecule has 0 N–H and O–H groups in total. The molecule has 1 aliphatic heterocycles. The number of halogens is 1. The van der Waals surface area contributed by atoms with Gasteiger partial charge in [0, 0.05) is 4.43 Å². The van der Waals surface area contributed by atoms with Crippen molar-refractivity contribution in [1.82, 2.24) is 0 Å². The highest BCUT2D eigenvalue weighted by Crippen LogP contribution is 2.33. The van der Waals surface area contributed by atoms with Crippen LogP contribution in [0.15, 0.2) is 24.3 Å². The number of aryl methyl sites for hydroxylation is 1. The van der Waals surface area contributed by atoms with Crippen LogP contribution in [0, 0.1) is 0 Å². The van der Waals surface area contributed by atoms with Gasteiger partial charge in [-0.2, -0.15) is 0 Å². The van der Waals surface area contributed by atoms with Crippen LogP contribution in [-0.4, -0.2) is 10.0 Å². The maximum atomic E-state index is 5.96. The standard InChI is InChI=1S/C11H13IO/c1-11(8-12)7-6-9-4-2-3-5-10(9)13-11/h2-5H,6-8H2,1H3. The van der Waals surface area contributed by atoms with E-state index in [9.17, 15) is 0 Å². The Bertz CT molecular complexity index is 311. The van der Waals surface area contributed by atoms with Crippen LogP contribution < -0.4 is 4.74 Å². The van der Waals surface area contributed by atoms with Crippen LogP contribution in [0.1, 0.15) is 18.9 Å². The fourth-order valence-corrected chi connectivity index (χ4v) is 2.16. The van der Waals surface area contributed by atoms with Gasteiger partial charge in [-0.3, -0.25) is 0 Å². The minimum Gasteiger partial charge on any atom is -0.486 e. The molecule has 0 spiro atoms. The summed E-state index contributed by atoms with van der Waals surface area (Å²) in [5.74, 6) is 1.08. The first-order chi connectivity index (χ1) is 6.23. The van der Waals surface area contributed by atoms with Crippen molar-refractivity contribution < 1.29 is 4.74 Å². The molecule has 0 aromatic heterocycles. The van der Waals surface area contributed by atoms with Crippen molar-refractivity contribution in [2.75, 3.05) is 4.43 Å². The van der Waals surface area contributed by atoms with Gasteiger partial charge in [-0.15, -0.1) is 0 Å². The second kappa shape index (κ2) is 3.48. The number of ether oxygens (including phenoxy) is 1. The summed E-state index contributed by atoms with van der Waals surface area (Å²) < 4.78 is 7.02. The lowest BCUT2D eigenvalue weighted by Crippen LogP contribution is -2.37. The van der Waals surface area contributed by atoms with E-state index in [1.54, 1.807) is 0 Å². The monoisotopic (exact) mass is 288 g/mol. The Balaban J connectivity index is 2.29. The molecule has 70 valence electrons. The highest BCUT2D eigenvalue weighted by Gasteiger charge is 2.29. The molecule has 2 heteroatoms. The van der Waals surface area contributed by atoms with Crippen molar-refractivity contribution in [2.24, 2.45) is 0 Å². The topological polar surface area (TPSA) is 9.23 Å². The molecule has 0 amide bonds. The molecule has 1 aromatic rings. The van der Waals surface area contributed by atoms with Gasteiger partial charge in [-0.05, 0) is 31.4 Å². The number of fused-ring (bicyclic) bond motifs is 1. The lowest BCUT2D eigenvalue weighted by Gasteiger charge is -2.34. The predicted molar refractivity (Wildman–Crippen MR) is 62.7 cm³/mol. The molecule has 0 bridgehead atoms. The predicted octanol–water partition coefficient (Wildman–Crippen LogP) is 3.21. The molecule has 2 rings (SSSR count). The number of benzene rings is 1. The van der Waals surface area contributed by atoms with E-state index in [1.807, 2.05) is 6.07 Å². The molecule has 0 radical (unpaired) electrons. The number of para-hydroxylation sites is 1. The lowest BCUT2D eigenvalue weighted by molar-refractivity contribution is 0.0926. The molecule has 0 saturated heterocycles. The van der Waals surface area contributed by atoms with Crippen LogP contribution in [0.5, 0.6) is 5.75 Å². The van der Waals surface area contributed by atoms with Crippen LogP contribution in [0.3, 0.4) is 0 Å². The quantitative estimate of drug-likeness (QED) is 0.569. The molecule has 0 aliphatic carbocycles. The van der Waals surface area contributed by atoms with Gasteiger partial charge in [0.1, 0.15) is 11.4 Å². The molecule has 1 nitrogen and oxygen atoms in total. The highest BCUT2D eigenvalue weighted by atomic mass is 127. The summed E-state index contributed by atoms with van der Waals surface area (Å²) in [6.07, 6.45) is 2.28. The van der Waals surface area contributed by atoms with Crippen LogP contribution in [-0.2, 0) is 6.42 Å². The first kappa shape index (κ1) is 9.31. The molecule has 1 atom stereocenters. The van der Waals surface area contributed by atoms with E-state index >= 15 is 0 Å². The minimum atomic E-state index is 0.0505. The molecular weight excluding hydrogens is 275 g/mol. The number of rotatable bonds is 1. The van der Waals surface area contributed by atoms with Gasteiger partial charge in [-0.1, -0.05) is 40.8 Å². The molecule has 13 heavy (non-hydrogen) atoms. The first-order valence-corrected chi connectivity index (χ1v) is 6.09. The summed E-state index contributed by atoms with van der Waals surface area (Å²) >= 11 is 2.40. The molecule has 0 saturated carbocycles. The van der Waals surface area contributed by atoms with Crippen LogP contribution >= 0.6 is 22.6 Å². The van der Waals surface area contributed by atoms with Gasteiger partial charge >= 0.3 is 0 Å². The van der Waals surface area contributed by atoms with Crippen molar-refractivity contribution in [1.29, 1.82) is 0 Å². The van der Waals surface area contributed by atoms with E-state index in [0.717, 1.165) is 23.0 Å². The Morgan fingerprint density at radius 3 is 3.00 bits per heavy atom. The fourth-order valence-electron chi connectivity index (χ4n) is 1.62. The third kappa shape index (κ3) is 1.82. The van der Waals surface area contributed by atoms with Crippen LogP contribution in [0.25, 0.3) is 0 Å². The van der Waals surface area contributed by atoms with Crippen molar-refractivity contribution in [3.05, 3.63) is 29.8 Å². The van der Waals surface area contributed by atoms with E-state index in [4.69, 9.17) is 4.74 Å². The second-order valence-corrected chi connectivity index (χ2v) is 4.56. The molecule has 1 heterocycles. The van der Waals surface area contributed by atoms with E-state index < -0.39 is 0 Å². The van der Waals surface area contributed by atoms with Gasteiger partial charge in [0.2, 0.25) is 0 Å². The van der Waals surface area contributed by atoms with Gasteiger partial charge in [0.15, 0.2) is 0 Å². The average Bonchev–Trinajstić information content (AvgIpc) is 2.18. The smallest absolute Gasteiger partial charge is 0.123 e. The summed E-state index contributed by atoms with van der Waals surface area (Å²) in [6.45, 7) is 2.19. The number of hydrogen-bond donors (Lipinski definition) is 0.